The van der Waals surface area contributed by atoms with Gasteiger partial charge in [0.05, 0.1) is 0 Å². The molecule has 0 aliphatic heterocycles. The molecule has 1 aromatic carbocycles. The first-order chi connectivity index (χ1) is 5.66. The van der Waals surface area contributed by atoms with Crippen molar-refractivity contribution < 1.29 is 4.39 Å². The third kappa shape index (κ3) is 2.83. The van der Waals surface area contributed by atoms with E-state index in [1.165, 1.54) is 6.07 Å². The van der Waals surface area contributed by atoms with E-state index in [1.807, 2.05) is 6.92 Å². The fraction of sp³-hybridized carbons (Fsp3) is 0.333. The van der Waals surface area contributed by atoms with Crippen LogP contribution in [0.1, 0.15) is 24.9 Å². The van der Waals surface area contributed by atoms with Crippen LogP contribution in [-0.4, -0.2) is 0 Å². The van der Waals surface area contributed by atoms with Gasteiger partial charge in [0.1, 0.15) is 5.82 Å². The van der Waals surface area contributed by atoms with Crippen LogP contribution in [0.3, 0.4) is 0 Å². The van der Waals surface area contributed by atoms with Crippen LogP contribution in [-0.2, 0) is 0 Å². The van der Waals surface area contributed by atoms with Crippen molar-refractivity contribution in [3.8, 4) is 0 Å². The molecule has 0 aliphatic rings. The van der Waals surface area contributed by atoms with Gasteiger partial charge in [0.25, 0.3) is 0 Å². The standard InChI is InChI=1S/C9H11ClFN.ClH/c1-2-8(12)9-6(10)4-3-5-7(9)11;/h3-5,8H,2,12H2,1H3;1H/t8-;/m0./s1. The van der Waals surface area contributed by atoms with Gasteiger partial charge in [-0.15, -0.1) is 12.4 Å². The van der Waals surface area contributed by atoms with E-state index in [2.05, 4.69) is 0 Å². The molecule has 1 aromatic rings. The molecular formula is C9H12Cl2FN. The van der Waals surface area contributed by atoms with Gasteiger partial charge in [-0.05, 0) is 18.6 Å². The Morgan fingerprint density at radius 1 is 1.54 bits per heavy atom. The van der Waals surface area contributed by atoms with Gasteiger partial charge >= 0.3 is 0 Å². The minimum absolute atomic E-state index is 0. The Bertz CT molecular complexity index is 258. The smallest absolute Gasteiger partial charge is 0.129 e. The van der Waals surface area contributed by atoms with E-state index in [0.29, 0.717) is 17.0 Å². The third-order valence-corrected chi connectivity index (χ3v) is 2.14. The number of rotatable bonds is 2. The average molecular weight is 224 g/mol. The Labute approximate surface area is 88.5 Å². The van der Waals surface area contributed by atoms with E-state index in [9.17, 15) is 4.39 Å². The maximum atomic E-state index is 13.1. The first-order valence-corrected chi connectivity index (χ1v) is 4.24. The van der Waals surface area contributed by atoms with Crippen molar-refractivity contribution in [3.05, 3.63) is 34.6 Å². The van der Waals surface area contributed by atoms with Gasteiger partial charge in [0.15, 0.2) is 0 Å². The molecule has 0 saturated heterocycles. The molecule has 0 spiro atoms. The predicted octanol–water partition coefficient (Wildman–Crippen LogP) is 3.31. The van der Waals surface area contributed by atoms with Gasteiger partial charge in [0.2, 0.25) is 0 Å². The zero-order chi connectivity index (χ0) is 9.14. The molecule has 2 N–H and O–H groups in total. The molecule has 0 heterocycles. The molecule has 1 rings (SSSR count). The fourth-order valence-electron chi connectivity index (χ4n) is 1.07. The van der Waals surface area contributed by atoms with E-state index in [4.69, 9.17) is 17.3 Å². The van der Waals surface area contributed by atoms with Crippen LogP contribution in [0.15, 0.2) is 18.2 Å². The second-order valence-corrected chi connectivity index (χ2v) is 3.06. The molecule has 0 aliphatic carbocycles. The Balaban J connectivity index is 0.00000144. The van der Waals surface area contributed by atoms with Crippen molar-refractivity contribution in [1.82, 2.24) is 0 Å². The number of hydrogen-bond donors (Lipinski definition) is 1. The highest BCUT2D eigenvalue weighted by atomic mass is 35.5. The predicted molar refractivity (Wildman–Crippen MR) is 55.9 cm³/mol. The van der Waals surface area contributed by atoms with E-state index in [0.717, 1.165) is 0 Å². The quantitative estimate of drug-likeness (QED) is 0.819. The van der Waals surface area contributed by atoms with Crippen molar-refractivity contribution >= 4 is 24.0 Å². The topological polar surface area (TPSA) is 26.0 Å². The summed E-state index contributed by atoms with van der Waals surface area (Å²) in [7, 11) is 0. The molecule has 1 atom stereocenters. The first-order valence-electron chi connectivity index (χ1n) is 3.86. The van der Waals surface area contributed by atoms with Gasteiger partial charge in [-0.25, -0.2) is 4.39 Å². The number of benzene rings is 1. The maximum Gasteiger partial charge on any atom is 0.129 e. The van der Waals surface area contributed by atoms with Gasteiger partial charge in [-0.1, -0.05) is 24.6 Å². The van der Waals surface area contributed by atoms with Crippen molar-refractivity contribution in [2.45, 2.75) is 19.4 Å². The molecule has 0 amide bonds. The monoisotopic (exact) mass is 223 g/mol. The highest BCUT2D eigenvalue weighted by Gasteiger charge is 2.12. The second-order valence-electron chi connectivity index (χ2n) is 2.65. The SMILES string of the molecule is CC[C@H](N)c1c(F)cccc1Cl.Cl. The van der Waals surface area contributed by atoms with Gasteiger partial charge in [-0.3, -0.25) is 0 Å². The molecule has 0 radical (unpaired) electrons. The molecule has 0 unspecified atom stereocenters. The molecule has 13 heavy (non-hydrogen) atoms. The van der Waals surface area contributed by atoms with Gasteiger partial charge in [-0.2, -0.15) is 0 Å². The number of nitrogens with two attached hydrogens (primary N) is 1. The van der Waals surface area contributed by atoms with Crippen LogP contribution in [0.25, 0.3) is 0 Å². The summed E-state index contributed by atoms with van der Waals surface area (Å²) in [6.45, 7) is 1.90. The Morgan fingerprint density at radius 3 is 2.62 bits per heavy atom. The van der Waals surface area contributed by atoms with E-state index in [-0.39, 0.29) is 24.3 Å². The lowest BCUT2D eigenvalue weighted by molar-refractivity contribution is 0.575. The second kappa shape index (κ2) is 5.43. The van der Waals surface area contributed by atoms with Crippen LogP contribution in [0, 0.1) is 5.82 Å². The normalized spacial score (nSPS) is 12.0. The highest BCUT2D eigenvalue weighted by molar-refractivity contribution is 6.31. The molecule has 0 saturated carbocycles. The Kier molecular flexibility index (Phi) is 5.30. The largest absolute Gasteiger partial charge is 0.324 e. The molecular weight excluding hydrogens is 212 g/mol. The number of halogens is 3. The van der Waals surface area contributed by atoms with Gasteiger partial charge in [0, 0.05) is 16.6 Å². The summed E-state index contributed by atoms with van der Waals surface area (Å²) in [5.41, 5.74) is 6.09. The van der Waals surface area contributed by atoms with Crippen LogP contribution in [0.5, 0.6) is 0 Å². The first kappa shape index (κ1) is 12.7. The Hall–Kier alpha value is -0.310. The van der Waals surface area contributed by atoms with Gasteiger partial charge < -0.3 is 5.73 Å². The molecule has 0 fully saturated rings. The zero-order valence-electron chi connectivity index (χ0n) is 7.26. The summed E-state index contributed by atoms with van der Waals surface area (Å²) in [5, 5.41) is 0.407. The lowest BCUT2D eigenvalue weighted by Gasteiger charge is -2.11. The average Bonchev–Trinajstić information content (AvgIpc) is 2.03. The van der Waals surface area contributed by atoms with Crippen LogP contribution < -0.4 is 5.73 Å². The maximum absolute atomic E-state index is 13.1. The van der Waals surface area contributed by atoms with Crippen molar-refractivity contribution in [2.24, 2.45) is 5.73 Å². The molecule has 0 aromatic heterocycles. The van der Waals surface area contributed by atoms with E-state index in [1.54, 1.807) is 12.1 Å². The highest BCUT2D eigenvalue weighted by Crippen LogP contribution is 2.25. The van der Waals surface area contributed by atoms with E-state index < -0.39 is 0 Å². The minimum atomic E-state index is -0.322. The Morgan fingerprint density at radius 2 is 2.15 bits per heavy atom. The fourth-order valence-corrected chi connectivity index (χ4v) is 1.37. The summed E-state index contributed by atoms with van der Waals surface area (Å²) in [6.07, 6.45) is 0.681. The molecule has 0 bridgehead atoms. The molecule has 1 nitrogen and oxygen atoms in total. The molecule has 4 heteroatoms. The summed E-state index contributed by atoms with van der Waals surface area (Å²) in [5.74, 6) is -0.322. The third-order valence-electron chi connectivity index (χ3n) is 1.81. The van der Waals surface area contributed by atoms with Crippen LogP contribution >= 0.6 is 24.0 Å². The summed E-state index contributed by atoms with van der Waals surface area (Å²) < 4.78 is 13.1. The minimum Gasteiger partial charge on any atom is -0.324 e. The van der Waals surface area contributed by atoms with Crippen molar-refractivity contribution in [2.75, 3.05) is 0 Å². The van der Waals surface area contributed by atoms with E-state index >= 15 is 0 Å². The zero-order valence-corrected chi connectivity index (χ0v) is 8.83. The van der Waals surface area contributed by atoms with Crippen molar-refractivity contribution in [3.63, 3.8) is 0 Å². The lowest BCUT2D eigenvalue weighted by Crippen LogP contribution is -2.11. The van der Waals surface area contributed by atoms with Crippen molar-refractivity contribution in [1.29, 1.82) is 0 Å². The molecule has 74 valence electrons. The van der Waals surface area contributed by atoms with Crippen LogP contribution in [0.4, 0.5) is 4.39 Å². The summed E-state index contributed by atoms with van der Waals surface area (Å²) in [4.78, 5) is 0. The number of hydrogen-bond acceptors (Lipinski definition) is 1. The summed E-state index contributed by atoms with van der Waals surface area (Å²) in [6, 6.07) is 4.29. The lowest BCUT2D eigenvalue weighted by atomic mass is 10.1. The van der Waals surface area contributed by atoms with Crippen LogP contribution in [0.2, 0.25) is 5.02 Å². The summed E-state index contributed by atoms with van der Waals surface area (Å²) >= 11 is 5.78.